The number of thioether (sulfide) groups is 1. The summed E-state index contributed by atoms with van der Waals surface area (Å²) in [5, 5.41) is 9.01. The van der Waals surface area contributed by atoms with Crippen molar-refractivity contribution in [3.8, 4) is 0 Å². The van der Waals surface area contributed by atoms with E-state index in [1.807, 2.05) is 0 Å². The molecular weight excluding hydrogens is 234 g/mol. The van der Waals surface area contributed by atoms with Gasteiger partial charge in [0.2, 0.25) is 0 Å². The number of hydrogen-bond donors (Lipinski definition) is 1. The molecule has 1 aromatic rings. The van der Waals surface area contributed by atoms with Crippen LogP contribution in [0.5, 0.6) is 0 Å². The zero-order valence-corrected chi connectivity index (χ0v) is 11.6. The first-order chi connectivity index (χ1) is 7.88. The van der Waals surface area contributed by atoms with Gasteiger partial charge in [0.1, 0.15) is 0 Å². The summed E-state index contributed by atoms with van der Waals surface area (Å²) in [6, 6.07) is 2.97. The molecule has 3 heteroatoms. The van der Waals surface area contributed by atoms with Crippen LogP contribution < -0.4 is 5.32 Å². The van der Waals surface area contributed by atoms with Crippen LogP contribution in [0, 0.1) is 0 Å². The molecule has 1 fully saturated rings. The molecule has 0 aromatic carbocycles. The fourth-order valence-corrected chi connectivity index (χ4v) is 4.21. The topological polar surface area (TPSA) is 12.0 Å². The lowest BCUT2D eigenvalue weighted by molar-refractivity contribution is 0.380. The molecule has 1 aromatic heterocycles. The number of hydrogen-bond acceptors (Lipinski definition) is 3. The van der Waals surface area contributed by atoms with Gasteiger partial charge in [0.25, 0.3) is 0 Å². The molecule has 0 bridgehead atoms. The minimum absolute atomic E-state index is 0.748. The van der Waals surface area contributed by atoms with Crippen LogP contribution in [0.25, 0.3) is 0 Å². The summed E-state index contributed by atoms with van der Waals surface area (Å²) in [4.78, 5) is 0. The number of nitrogens with one attached hydrogen (secondary N) is 1. The van der Waals surface area contributed by atoms with Crippen LogP contribution in [0.4, 0.5) is 0 Å². The van der Waals surface area contributed by atoms with E-state index in [0.717, 1.165) is 17.8 Å². The van der Waals surface area contributed by atoms with Crippen molar-refractivity contribution in [3.05, 3.63) is 22.4 Å². The zero-order valence-electron chi connectivity index (χ0n) is 9.95. The summed E-state index contributed by atoms with van der Waals surface area (Å²) in [6.07, 6.45) is 5.56. The highest BCUT2D eigenvalue weighted by atomic mass is 32.2. The van der Waals surface area contributed by atoms with Crippen LogP contribution in [0.2, 0.25) is 0 Å². The van der Waals surface area contributed by atoms with Gasteiger partial charge in [0.15, 0.2) is 0 Å². The van der Waals surface area contributed by atoms with Gasteiger partial charge in [0, 0.05) is 17.8 Å². The number of rotatable bonds is 5. The van der Waals surface area contributed by atoms with E-state index >= 15 is 0 Å². The molecule has 0 amide bonds. The van der Waals surface area contributed by atoms with Crippen molar-refractivity contribution in [2.24, 2.45) is 0 Å². The molecule has 1 aliphatic carbocycles. The van der Waals surface area contributed by atoms with Gasteiger partial charge in [-0.05, 0) is 47.4 Å². The zero-order chi connectivity index (χ0) is 11.2. The lowest BCUT2D eigenvalue weighted by atomic mass is 9.95. The molecule has 1 nitrogen and oxygen atoms in total. The van der Waals surface area contributed by atoms with Crippen LogP contribution >= 0.6 is 23.1 Å². The van der Waals surface area contributed by atoms with Gasteiger partial charge >= 0.3 is 0 Å². The van der Waals surface area contributed by atoms with Crippen molar-refractivity contribution < 1.29 is 0 Å². The van der Waals surface area contributed by atoms with Crippen molar-refractivity contribution in [2.75, 3.05) is 5.75 Å². The van der Waals surface area contributed by atoms with E-state index in [0.29, 0.717) is 0 Å². The third-order valence-electron chi connectivity index (χ3n) is 3.20. The summed E-state index contributed by atoms with van der Waals surface area (Å²) in [5.74, 6) is 1.27. The third kappa shape index (κ3) is 3.79. The molecular formula is C13H21NS2. The van der Waals surface area contributed by atoms with Crippen molar-refractivity contribution in [3.63, 3.8) is 0 Å². The molecule has 2 unspecified atom stereocenters. The Morgan fingerprint density at radius 2 is 2.44 bits per heavy atom. The average Bonchev–Trinajstić information content (AvgIpc) is 2.80. The molecule has 1 aliphatic rings. The van der Waals surface area contributed by atoms with E-state index in [2.05, 4.69) is 40.8 Å². The van der Waals surface area contributed by atoms with Gasteiger partial charge < -0.3 is 5.32 Å². The fraction of sp³-hybridized carbons (Fsp3) is 0.692. The van der Waals surface area contributed by atoms with Crippen LogP contribution in [-0.2, 0) is 6.54 Å². The second-order valence-electron chi connectivity index (χ2n) is 4.45. The Kier molecular flexibility index (Phi) is 5.20. The Labute approximate surface area is 107 Å². The largest absolute Gasteiger partial charge is 0.310 e. The van der Waals surface area contributed by atoms with Crippen LogP contribution in [0.3, 0.4) is 0 Å². The van der Waals surface area contributed by atoms with E-state index in [-0.39, 0.29) is 0 Å². The minimum atomic E-state index is 0.748. The summed E-state index contributed by atoms with van der Waals surface area (Å²) < 4.78 is 0. The summed E-state index contributed by atoms with van der Waals surface area (Å²) in [7, 11) is 0. The Bertz CT molecular complexity index is 282. The maximum absolute atomic E-state index is 3.71. The molecule has 0 spiro atoms. The summed E-state index contributed by atoms with van der Waals surface area (Å²) in [6.45, 7) is 3.32. The van der Waals surface area contributed by atoms with Crippen molar-refractivity contribution in [1.29, 1.82) is 0 Å². The van der Waals surface area contributed by atoms with E-state index in [4.69, 9.17) is 0 Å². The molecule has 0 radical (unpaired) electrons. The monoisotopic (exact) mass is 255 g/mol. The highest BCUT2D eigenvalue weighted by Gasteiger charge is 2.21. The summed E-state index contributed by atoms with van der Waals surface area (Å²) in [5.41, 5.74) is 1.44. The Hall–Kier alpha value is 0.01000. The predicted octanol–water partition coefficient (Wildman–Crippen LogP) is 3.90. The lowest BCUT2D eigenvalue weighted by Gasteiger charge is -2.29. The van der Waals surface area contributed by atoms with Gasteiger partial charge in [0.05, 0.1) is 0 Å². The van der Waals surface area contributed by atoms with Crippen LogP contribution in [0.15, 0.2) is 16.8 Å². The van der Waals surface area contributed by atoms with Gasteiger partial charge in [-0.3, -0.25) is 0 Å². The van der Waals surface area contributed by atoms with Crippen LogP contribution in [0.1, 0.15) is 38.2 Å². The highest BCUT2D eigenvalue weighted by Crippen LogP contribution is 2.28. The molecule has 90 valence electrons. The third-order valence-corrected chi connectivity index (χ3v) is 5.17. The molecule has 1 heterocycles. The predicted molar refractivity (Wildman–Crippen MR) is 75.3 cm³/mol. The van der Waals surface area contributed by atoms with Gasteiger partial charge in [-0.2, -0.15) is 23.1 Å². The quantitative estimate of drug-likeness (QED) is 0.856. The minimum Gasteiger partial charge on any atom is -0.310 e. The first kappa shape index (κ1) is 12.5. The number of thiophene rings is 1. The normalized spacial score (nSPS) is 25.8. The highest BCUT2D eigenvalue weighted by molar-refractivity contribution is 7.99. The first-order valence-corrected chi connectivity index (χ1v) is 8.23. The molecule has 0 aliphatic heterocycles. The summed E-state index contributed by atoms with van der Waals surface area (Å²) >= 11 is 3.93. The van der Waals surface area contributed by atoms with Crippen molar-refractivity contribution in [2.45, 2.75) is 50.4 Å². The van der Waals surface area contributed by atoms with Gasteiger partial charge in [-0.1, -0.05) is 13.3 Å². The SMILES string of the molecule is CCSC1CCCC(NCc2ccsc2)C1. The van der Waals surface area contributed by atoms with Gasteiger partial charge in [-0.15, -0.1) is 0 Å². The Morgan fingerprint density at radius 1 is 1.50 bits per heavy atom. The van der Waals surface area contributed by atoms with Crippen LogP contribution in [-0.4, -0.2) is 17.0 Å². The fourth-order valence-electron chi connectivity index (χ4n) is 2.37. The van der Waals surface area contributed by atoms with E-state index in [1.54, 1.807) is 11.3 Å². The standard InChI is InChI=1S/C13H21NS2/c1-2-16-13-5-3-4-12(8-13)14-9-11-6-7-15-10-11/h6-7,10,12-14H,2-5,8-9H2,1H3. The molecule has 16 heavy (non-hydrogen) atoms. The Morgan fingerprint density at radius 3 is 3.19 bits per heavy atom. The maximum atomic E-state index is 3.71. The second kappa shape index (κ2) is 6.67. The first-order valence-electron chi connectivity index (χ1n) is 6.24. The molecule has 1 N–H and O–H groups in total. The van der Waals surface area contributed by atoms with E-state index in [9.17, 15) is 0 Å². The van der Waals surface area contributed by atoms with Crippen molar-refractivity contribution in [1.82, 2.24) is 5.32 Å². The molecule has 2 rings (SSSR count). The van der Waals surface area contributed by atoms with E-state index in [1.165, 1.54) is 37.0 Å². The molecule has 1 saturated carbocycles. The Balaban J connectivity index is 1.72. The van der Waals surface area contributed by atoms with E-state index < -0.39 is 0 Å². The second-order valence-corrected chi connectivity index (χ2v) is 6.81. The maximum Gasteiger partial charge on any atom is 0.0216 e. The van der Waals surface area contributed by atoms with Crippen molar-refractivity contribution >= 4 is 23.1 Å². The average molecular weight is 255 g/mol. The van der Waals surface area contributed by atoms with Gasteiger partial charge in [-0.25, -0.2) is 0 Å². The lowest BCUT2D eigenvalue weighted by Crippen LogP contribution is -2.34. The smallest absolute Gasteiger partial charge is 0.0216 e. The molecule has 0 saturated heterocycles. The molecule has 2 atom stereocenters.